The fraction of sp³-hybridized carbons (Fsp3) is 0.720. The highest BCUT2D eigenvalue weighted by molar-refractivity contribution is 6.17. The molecular weight excluding hydrogens is 399 g/mol. The van der Waals surface area contributed by atoms with Gasteiger partial charge in [-0.3, -0.25) is 4.79 Å². The summed E-state index contributed by atoms with van der Waals surface area (Å²) in [6, 6.07) is -0.371. The summed E-state index contributed by atoms with van der Waals surface area (Å²) in [6.45, 7) is 7.56. The molecule has 5 rings (SSSR count). The summed E-state index contributed by atoms with van der Waals surface area (Å²) in [7, 11) is 0. The van der Waals surface area contributed by atoms with Gasteiger partial charge < -0.3 is 10.6 Å². The number of piperidine rings is 1. The maximum Gasteiger partial charge on any atom is 0.226 e. The smallest absolute Gasteiger partial charge is 0.226 e. The molecule has 0 aromatic carbocycles. The number of nitrogens with one attached hydrogen (secondary N) is 2. The third-order valence-electron chi connectivity index (χ3n) is 8.30. The zero-order valence-electron chi connectivity index (χ0n) is 18.2. The van der Waals surface area contributed by atoms with E-state index in [0.29, 0.717) is 24.8 Å². The molecule has 0 spiro atoms. The van der Waals surface area contributed by atoms with Crippen molar-refractivity contribution < 1.29 is 9.18 Å². The van der Waals surface area contributed by atoms with Crippen molar-refractivity contribution in [3.63, 3.8) is 0 Å². The van der Waals surface area contributed by atoms with Crippen LogP contribution in [0.2, 0.25) is 0 Å². The van der Waals surface area contributed by atoms with Crippen molar-refractivity contribution >= 4 is 17.5 Å². The lowest BCUT2D eigenvalue weighted by atomic mass is 9.37. The molecule has 4 bridgehead atoms. The van der Waals surface area contributed by atoms with Gasteiger partial charge in [0, 0.05) is 12.4 Å². The zero-order valence-corrected chi connectivity index (χ0v) is 18.9. The van der Waals surface area contributed by atoms with Gasteiger partial charge in [0.1, 0.15) is 6.17 Å². The first-order chi connectivity index (χ1) is 14.4. The molecule has 4 aliphatic carbocycles. The summed E-state index contributed by atoms with van der Waals surface area (Å²) in [6.07, 6.45) is 14.9. The van der Waals surface area contributed by atoms with Crippen LogP contribution in [-0.2, 0) is 4.79 Å². The molecule has 1 amide bonds. The van der Waals surface area contributed by atoms with Crippen molar-refractivity contribution in [2.24, 2.45) is 22.2 Å². The van der Waals surface area contributed by atoms with E-state index in [1.54, 1.807) is 0 Å². The Kier molecular flexibility index (Phi) is 6.20. The standard InChI is InChI=1S/C25H36ClFN2O/c1-3-4-5-6-18(2)24-12-19-11-23(15-24,8-9-26)16-25(13-19,17-24)22(30)29-21-7-10-28-14-20(21)27/h3-6,19-21,28H,2,7-17H2,1H3,(H,29,30)/b4-3-,6-5-/t19?,20-,21-,23+,24+,25?/m0/s1. The quantitative estimate of drug-likeness (QED) is 0.433. The van der Waals surface area contributed by atoms with E-state index in [0.717, 1.165) is 50.6 Å². The van der Waals surface area contributed by atoms with E-state index in [4.69, 9.17) is 11.6 Å². The number of rotatable bonds is 7. The van der Waals surface area contributed by atoms with E-state index in [1.807, 2.05) is 19.1 Å². The van der Waals surface area contributed by atoms with Crippen LogP contribution in [0.1, 0.15) is 58.3 Å². The second-order valence-electron chi connectivity index (χ2n) is 10.5. The van der Waals surface area contributed by atoms with Gasteiger partial charge in [-0.15, -0.1) is 11.6 Å². The number of alkyl halides is 2. The second-order valence-corrected chi connectivity index (χ2v) is 10.9. The van der Waals surface area contributed by atoms with Gasteiger partial charge in [-0.2, -0.15) is 0 Å². The number of allylic oxidation sites excluding steroid dienone is 5. The lowest BCUT2D eigenvalue weighted by Crippen LogP contribution is -2.63. The third kappa shape index (κ3) is 3.90. The summed E-state index contributed by atoms with van der Waals surface area (Å²) < 4.78 is 14.4. The number of hydrogen-bond acceptors (Lipinski definition) is 2. The van der Waals surface area contributed by atoms with Crippen molar-refractivity contribution in [2.45, 2.75) is 70.5 Å². The highest BCUT2D eigenvalue weighted by Crippen LogP contribution is 2.72. The van der Waals surface area contributed by atoms with Crippen LogP contribution in [0.15, 0.2) is 36.5 Å². The van der Waals surface area contributed by atoms with Gasteiger partial charge >= 0.3 is 0 Å². The molecule has 0 aromatic heterocycles. The molecule has 4 saturated carbocycles. The molecule has 30 heavy (non-hydrogen) atoms. The predicted octanol–water partition coefficient (Wildman–Crippen LogP) is 5.08. The Bertz CT molecular complexity index is 751. The minimum atomic E-state index is -1.01. The molecule has 166 valence electrons. The zero-order chi connectivity index (χ0) is 21.4. The van der Waals surface area contributed by atoms with Crippen molar-refractivity contribution in [3.8, 4) is 0 Å². The monoisotopic (exact) mass is 434 g/mol. The fourth-order valence-corrected chi connectivity index (χ4v) is 7.89. The fourth-order valence-electron chi connectivity index (χ4n) is 7.49. The van der Waals surface area contributed by atoms with Crippen LogP contribution in [0.4, 0.5) is 4.39 Å². The predicted molar refractivity (Wildman–Crippen MR) is 121 cm³/mol. The number of carbonyl (C=O) groups excluding carboxylic acids is 1. The summed E-state index contributed by atoms with van der Waals surface area (Å²) in [5, 5.41) is 6.22. The van der Waals surface area contributed by atoms with Gasteiger partial charge in [0.2, 0.25) is 5.91 Å². The first kappa shape index (κ1) is 22.1. The Morgan fingerprint density at radius 2 is 2.00 bits per heavy atom. The van der Waals surface area contributed by atoms with Crippen molar-refractivity contribution in [1.82, 2.24) is 10.6 Å². The maximum absolute atomic E-state index is 14.4. The lowest BCUT2D eigenvalue weighted by Gasteiger charge is -2.66. The van der Waals surface area contributed by atoms with Crippen LogP contribution in [0.25, 0.3) is 0 Å². The Labute approximate surface area is 185 Å². The molecule has 3 nitrogen and oxygen atoms in total. The molecule has 5 heteroatoms. The highest BCUT2D eigenvalue weighted by Gasteiger charge is 2.65. The number of carbonyl (C=O) groups is 1. The first-order valence-electron chi connectivity index (χ1n) is 11.6. The average Bonchev–Trinajstić information content (AvgIpc) is 2.68. The molecule has 6 atom stereocenters. The van der Waals surface area contributed by atoms with Crippen LogP contribution in [0.5, 0.6) is 0 Å². The van der Waals surface area contributed by atoms with Gasteiger partial charge in [0.05, 0.1) is 11.5 Å². The van der Waals surface area contributed by atoms with Gasteiger partial charge in [0.15, 0.2) is 0 Å². The van der Waals surface area contributed by atoms with E-state index >= 15 is 0 Å². The number of halogens is 2. The van der Waals surface area contributed by atoms with Crippen LogP contribution < -0.4 is 10.6 Å². The molecule has 0 radical (unpaired) electrons. The summed E-state index contributed by atoms with van der Waals surface area (Å²) >= 11 is 6.26. The SMILES string of the molecule is C=C(/C=C\C=C/C)[C@]12CC3CC(C(=O)N[C@H]4CCNC[C@@H]4F)(C[C@](CCCl)(C3)C1)C2. The summed E-state index contributed by atoms with van der Waals surface area (Å²) in [5.41, 5.74) is 0.808. The summed E-state index contributed by atoms with van der Waals surface area (Å²) in [4.78, 5) is 13.7. The normalized spacial score (nSPS) is 42.8. The Morgan fingerprint density at radius 1 is 1.23 bits per heavy atom. The van der Waals surface area contributed by atoms with Crippen molar-refractivity contribution in [1.29, 1.82) is 0 Å². The Morgan fingerprint density at radius 3 is 2.73 bits per heavy atom. The largest absolute Gasteiger partial charge is 0.350 e. The number of amides is 1. The molecule has 5 aliphatic rings. The second kappa shape index (κ2) is 8.43. The first-order valence-corrected chi connectivity index (χ1v) is 12.1. The Balaban J connectivity index is 1.63. The van der Waals surface area contributed by atoms with Crippen LogP contribution in [-0.4, -0.2) is 37.1 Å². The minimum absolute atomic E-state index is 0.0376. The molecule has 2 N–H and O–H groups in total. The lowest BCUT2D eigenvalue weighted by molar-refractivity contribution is -0.171. The van der Waals surface area contributed by atoms with Gasteiger partial charge in [-0.25, -0.2) is 4.39 Å². The topological polar surface area (TPSA) is 41.1 Å². The van der Waals surface area contributed by atoms with E-state index in [2.05, 4.69) is 29.4 Å². The summed E-state index contributed by atoms with van der Waals surface area (Å²) in [5.74, 6) is 1.23. The molecular formula is C25H36ClFN2O. The van der Waals surface area contributed by atoms with E-state index in [-0.39, 0.29) is 22.8 Å². The molecule has 1 heterocycles. The molecule has 1 saturated heterocycles. The van der Waals surface area contributed by atoms with Crippen molar-refractivity contribution in [2.75, 3.05) is 19.0 Å². The van der Waals surface area contributed by atoms with Gasteiger partial charge in [-0.1, -0.05) is 30.9 Å². The van der Waals surface area contributed by atoms with Crippen LogP contribution in [0.3, 0.4) is 0 Å². The van der Waals surface area contributed by atoms with Gasteiger partial charge in [0.25, 0.3) is 0 Å². The minimum Gasteiger partial charge on any atom is -0.350 e. The maximum atomic E-state index is 14.4. The van der Waals surface area contributed by atoms with Crippen LogP contribution in [0, 0.1) is 22.2 Å². The number of hydrogen-bond donors (Lipinski definition) is 2. The van der Waals surface area contributed by atoms with E-state index in [9.17, 15) is 9.18 Å². The van der Waals surface area contributed by atoms with Crippen LogP contribution >= 0.6 is 11.6 Å². The van der Waals surface area contributed by atoms with Gasteiger partial charge in [-0.05, 0) is 87.2 Å². The molecule has 2 unspecified atom stereocenters. The van der Waals surface area contributed by atoms with E-state index < -0.39 is 11.6 Å². The Hall–Kier alpha value is -1.13. The third-order valence-corrected chi connectivity index (χ3v) is 8.49. The molecule has 1 aliphatic heterocycles. The molecule has 0 aromatic rings. The highest BCUT2D eigenvalue weighted by atomic mass is 35.5. The molecule has 5 fully saturated rings. The average molecular weight is 435 g/mol. The van der Waals surface area contributed by atoms with E-state index in [1.165, 1.54) is 6.42 Å². The van der Waals surface area contributed by atoms with Crippen molar-refractivity contribution in [3.05, 3.63) is 36.5 Å².